The Kier molecular flexibility index (Phi) is 3.47. The zero-order chi connectivity index (χ0) is 11.4. The quantitative estimate of drug-likeness (QED) is 0.784. The van der Waals surface area contributed by atoms with Gasteiger partial charge in [0, 0.05) is 11.6 Å². The number of rotatable bonds is 5. The van der Waals surface area contributed by atoms with E-state index in [0.717, 1.165) is 11.3 Å². The summed E-state index contributed by atoms with van der Waals surface area (Å²) in [7, 11) is 0. The molecule has 0 aliphatic carbocycles. The highest BCUT2D eigenvalue weighted by molar-refractivity contribution is 5.85. The lowest BCUT2D eigenvalue weighted by atomic mass is 10.2. The average Bonchev–Trinajstić information content (AvgIpc) is 2.72. The normalized spacial score (nSPS) is 11.2. The van der Waals surface area contributed by atoms with E-state index in [2.05, 4.69) is 11.1 Å². The van der Waals surface area contributed by atoms with Crippen LogP contribution in [0.2, 0.25) is 0 Å². The monoisotopic (exact) mass is 219 g/mol. The summed E-state index contributed by atoms with van der Waals surface area (Å²) in [6.07, 6.45) is 2.17. The summed E-state index contributed by atoms with van der Waals surface area (Å²) in [6, 6.07) is 8.05. The summed E-state index contributed by atoms with van der Waals surface area (Å²) < 4.78 is 11.1. The third kappa shape index (κ3) is 2.55. The van der Waals surface area contributed by atoms with E-state index in [1.54, 1.807) is 0 Å². The van der Waals surface area contributed by atoms with Crippen molar-refractivity contribution in [1.82, 2.24) is 4.98 Å². The minimum Gasteiger partial charge on any atom is -0.489 e. The molecule has 1 N–H and O–H groups in total. The molecule has 0 saturated heterocycles. The third-order valence-corrected chi connectivity index (χ3v) is 2.34. The lowest BCUT2D eigenvalue weighted by Crippen LogP contribution is -2.11. The van der Waals surface area contributed by atoms with Gasteiger partial charge in [-0.2, -0.15) is 0 Å². The molecule has 0 unspecified atom stereocenters. The van der Waals surface area contributed by atoms with Crippen molar-refractivity contribution in [3.05, 3.63) is 30.5 Å². The molecule has 3 heteroatoms. The number of fused-ring (bicyclic) bond motifs is 1. The lowest BCUT2D eigenvalue weighted by Gasteiger charge is -2.09. The first-order valence-corrected chi connectivity index (χ1v) is 5.58. The maximum absolute atomic E-state index is 5.67. The van der Waals surface area contributed by atoms with Crippen LogP contribution in [0.1, 0.15) is 13.8 Å². The van der Waals surface area contributed by atoms with Gasteiger partial charge in [0.25, 0.3) is 0 Å². The van der Waals surface area contributed by atoms with Gasteiger partial charge in [0.1, 0.15) is 12.4 Å². The molecule has 0 radical (unpaired) electrons. The predicted octanol–water partition coefficient (Wildman–Crippen LogP) is 2.97. The smallest absolute Gasteiger partial charge is 0.143 e. The molecular formula is C13H17NO2. The van der Waals surface area contributed by atoms with Crippen LogP contribution in [0.5, 0.6) is 5.75 Å². The van der Waals surface area contributed by atoms with E-state index < -0.39 is 0 Å². The van der Waals surface area contributed by atoms with Crippen molar-refractivity contribution in [2.24, 2.45) is 0 Å². The van der Waals surface area contributed by atoms with Gasteiger partial charge in [-0.05, 0) is 26.0 Å². The number of ether oxygens (including phenoxy) is 2. The number of H-pyrrole nitrogens is 1. The molecule has 2 aromatic rings. The fraction of sp³-hybridized carbons (Fsp3) is 0.385. The highest BCUT2D eigenvalue weighted by atomic mass is 16.5. The first-order chi connectivity index (χ1) is 7.77. The van der Waals surface area contributed by atoms with Gasteiger partial charge in [-0.15, -0.1) is 0 Å². The molecule has 16 heavy (non-hydrogen) atoms. The molecule has 1 aromatic carbocycles. The van der Waals surface area contributed by atoms with E-state index >= 15 is 0 Å². The fourth-order valence-electron chi connectivity index (χ4n) is 1.61. The second-order valence-corrected chi connectivity index (χ2v) is 3.97. The Hall–Kier alpha value is -1.48. The van der Waals surface area contributed by atoms with Gasteiger partial charge >= 0.3 is 0 Å². The molecule has 0 amide bonds. The van der Waals surface area contributed by atoms with Gasteiger partial charge in [0.2, 0.25) is 0 Å². The first-order valence-electron chi connectivity index (χ1n) is 5.58. The van der Waals surface area contributed by atoms with Crippen molar-refractivity contribution >= 4 is 10.9 Å². The fourth-order valence-corrected chi connectivity index (χ4v) is 1.61. The Labute approximate surface area is 95.4 Å². The van der Waals surface area contributed by atoms with Gasteiger partial charge in [0.05, 0.1) is 18.2 Å². The Balaban J connectivity index is 1.96. The van der Waals surface area contributed by atoms with Crippen LogP contribution in [0.3, 0.4) is 0 Å². The van der Waals surface area contributed by atoms with Gasteiger partial charge in [-0.25, -0.2) is 0 Å². The highest BCUT2D eigenvalue weighted by Gasteiger charge is 2.02. The molecule has 0 fully saturated rings. The molecule has 0 saturated carbocycles. The maximum atomic E-state index is 5.67. The van der Waals surface area contributed by atoms with Crippen LogP contribution in [0.15, 0.2) is 30.5 Å². The van der Waals surface area contributed by atoms with Crippen LogP contribution < -0.4 is 4.74 Å². The highest BCUT2D eigenvalue weighted by Crippen LogP contribution is 2.23. The molecule has 86 valence electrons. The molecular weight excluding hydrogens is 202 g/mol. The van der Waals surface area contributed by atoms with Gasteiger partial charge in [0.15, 0.2) is 0 Å². The summed E-state index contributed by atoms with van der Waals surface area (Å²) >= 11 is 0. The number of hydrogen-bond donors (Lipinski definition) is 1. The largest absolute Gasteiger partial charge is 0.489 e. The molecule has 0 bridgehead atoms. The second-order valence-electron chi connectivity index (χ2n) is 3.97. The molecule has 0 atom stereocenters. The topological polar surface area (TPSA) is 34.2 Å². The van der Waals surface area contributed by atoms with Gasteiger partial charge < -0.3 is 14.5 Å². The average molecular weight is 219 g/mol. The number of aromatic amines is 1. The first kappa shape index (κ1) is 11.0. The third-order valence-electron chi connectivity index (χ3n) is 2.34. The van der Waals surface area contributed by atoms with Crippen molar-refractivity contribution in [3.63, 3.8) is 0 Å². The zero-order valence-electron chi connectivity index (χ0n) is 9.69. The van der Waals surface area contributed by atoms with Crippen LogP contribution in [0.4, 0.5) is 0 Å². The lowest BCUT2D eigenvalue weighted by molar-refractivity contribution is 0.0556. The standard InChI is InChI=1S/C13H17NO2/c1-10(2)15-8-9-16-12-5-3-4-11-6-7-14-13(11)12/h3-7,10,14H,8-9H2,1-2H3. The maximum Gasteiger partial charge on any atom is 0.143 e. The number of benzene rings is 1. The Morgan fingerprint density at radius 3 is 2.88 bits per heavy atom. The number of aromatic nitrogens is 1. The van der Waals surface area contributed by atoms with Crippen molar-refractivity contribution in [2.75, 3.05) is 13.2 Å². The van der Waals surface area contributed by atoms with Crippen LogP contribution >= 0.6 is 0 Å². The Morgan fingerprint density at radius 2 is 2.06 bits per heavy atom. The van der Waals surface area contributed by atoms with E-state index in [-0.39, 0.29) is 6.10 Å². The Morgan fingerprint density at radius 1 is 1.19 bits per heavy atom. The zero-order valence-corrected chi connectivity index (χ0v) is 9.69. The van der Waals surface area contributed by atoms with E-state index in [0.29, 0.717) is 13.2 Å². The number of para-hydroxylation sites is 1. The summed E-state index contributed by atoms with van der Waals surface area (Å²) in [5.74, 6) is 0.884. The summed E-state index contributed by atoms with van der Waals surface area (Å²) in [4.78, 5) is 3.17. The minimum absolute atomic E-state index is 0.255. The van der Waals surface area contributed by atoms with Crippen LogP contribution in [0, 0.1) is 0 Å². The Bertz CT molecular complexity index is 448. The van der Waals surface area contributed by atoms with E-state index in [1.165, 1.54) is 5.39 Å². The summed E-state index contributed by atoms with van der Waals surface area (Å²) in [5, 5.41) is 1.17. The molecule has 0 spiro atoms. The van der Waals surface area contributed by atoms with Crippen molar-refractivity contribution in [1.29, 1.82) is 0 Å². The van der Waals surface area contributed by atoms with Crippen LogP contribution in [0.25, 0.3) is 10.9 Å². The number of hydrogen-bond acceptors (Lipinski definition) is 2. The van der Waals surface area contributed by atoms with Gasteiger partial charge in [-0.3, -0.25) is 0 Å². The predicted molar refractivity (Wildman–Crippen MR) is 64.9 cm³/mol. The molecule has 2 rings (SSSR count). The molecule has 0 aliphatic heterocycles. The minimum atomic E-state index is 0.255. The number of nitrogens with one attached hydrogen (secondary N) is 1. The second kappa shape index (κ2) is 5.03. The molecule has 1 aromatic heterocycles. The van der Waals surface area contributed by atoms with E-state index in [4.69, 9.17) is 9.47 Å². The van der Waals surface area contributed by atoms with Crippen molar-refractivity contribution < 1.29 is 9.47 Å². The van der Waals surface area contributed by atoms with Crippen molar-refractivity contribution in [3.8, 4) is 5.75 Å². The summed E-state index contributed by atoms with van der Waals surface area (Å²) in [6.45, 7) is 5.24. The molecule has 3 nitrogen and oxygen atoms in total. The van der Waals surface area contributed by atoms with Crippen LogP contribution in [-0.4, -0.2) is 24.3 Å². The SMILES string of the molecule is CC(C)OCCOc1cccc2cc[nH]c12. The van der Waals surface area contributed by atoms with Crippen molar-refractivity contribution in [2.45, 2.75) is 20.0 Å². The van der Waals surface area contributed by atoms with Gasteiger partial charge in [-0.1, -0.05) is 12.1 Å². The molecule has 0 aliphatic rings. The molecule has 1 heterocycles. The van der Waals surface area contributed by atoms with E-state index in [1.807, 2.05) is 38.2 Å². The van der Waals surface area contributed by atoms with Crippen LogP contribution in [-0.2, 0) is 4.74 Å². The van der Waals surface area contributed by atoms with E-state index in [9.17, 15) is 0 Å². The summed E-state index contributed by atoms with van der Waals surface area (Å²) in [5.41, 5.74) is 1.05.